The topological polar surface area (TPSA) is 23.5 Å². The van der Waals surface area contributed by atoms with E-state index in [1.807, 2.05) is 11.3 Å². The van der Waals surface area contributed by atoms with Gasteiger partial charge in [0, 0.05) is 16.0 Å². The number of nitrogens with zero attached hydrogens (tertiary/aromatic N) is 1. The van der Waals surface area contributed by atoms with E-state index in [0.717, 1.165) is 19.5 Å². The summed E-state index contributed by atoms with van der Waals surface area (Å²) < 4.78 is 1.35. The Balaban J connectivity index is 2.35. The average Bonchev–Trinajstić information content (AvgIpc) is 2.78. The molecule has 1 unspecified atom stereocenters. The Bertz CT molecular complexity index is 572. The van der Waals surface area contributed by atoms with E-state index < -0.39 is 0 Å². The number of likely N-dealkylation sites (N-methyl/N-ethyl adjacent to an activating group) is 1. The van der Waals surface area contributed by atoms with Crippen molar-refractivity contribution in [3.8, 4) is 0 Å². The number of rotatable bonds is 6. The standard InChI is InChI=1S/C17H25NOS/c1-5-15-12(4)14-10-8-9-13(17(14)20-15)11-16(19)18(6-2)7-3/h8-10,16,19H,5-7,11H2,1-4H3. The van der Waals surface area contributed by atoms with Gasteiger partial charge in [-0.25, -0.2) is 0 Å². The zero-order valence-corrected chi connectivity index (χ0v) is 13.8. The summed E-state index contributed by atoms with van der Waals surface area (Å²) in [6, 6.07) is 6.48. The van der Waals surface area contributed by atoms with E-state index in [9.17, 15) is 5.11 Å². The van der Waals surface area contributed by atoms with Crippen LogP contribution < -0.4 is 0 Å². The molecule has 0 saturated heterocycles. The fourth-order valence-electron chi connectivity index (χ4n) is 2.82. The van der Waals surface area contributed by atoms with E-state index >= 15 is 0 Å². The second kappa shape index (κ2) is 6.70. The van der Waals surface area contributed by atoms with Gasteiger partial charge in [0.2, 0.25) is 0 Å². The molecule has 2 aromatic rings. The zero-order chi connectivity index (χ0) is 14.7. The molecule has 0 radical (unpaired) electrons. The van der Waals surface area contributed by atoms with E-state index in [1.54, 1.807) is 0 Å². The predicted octanol–water partition coefficient (Wildman–Crippen LogP) is 3.97. The largest absolute Gasteiger partial charge is 0.378 e. The van der Waals surface area contributed by atoms with E-state index in [4.69, 9.17) is 0 Å². The number of hydrogen-bond donors (Lipinski definition) is 1. The van der Waals surface area contributed by atoms with Crippen LogP contribution in [0.15, 0.2) is 18.2 Å². The van der Waals surface area contributed by atoms with Gasteiger partial charge in [0.15, 0.2) is 0 Å². The third-order valence-electron chi connectivity index (χ3n) is 4.10. The molecule has 3 heteroatoms. The van der Waals surface area contributed by atoms with Gasteiger partial charge in [-0.2, -0.15) is 0 Å². The maximum Gasteiger partial charge on any atom is 0.111 e. The van der Waals surface area contributed by atoms with Crippen LogP contribution in [0.5, 0.6) is 0 Å². The second-order valence-electron chi connectivity index (χ2n) is 5.20. The van der Waals surface area contributed by atoms with E-state index in [0.29, 0.717) is 6.42 Å². The number of thiophene rings is 1. The quantitative estimate of drug-likeness (QED) is 0.814. The van der Waals surface area contributed by atoms with Crippen LogP contribution in [0.25, 0.3) is 10.1 Å². The van der Waals surface area contributed by atoms with Crippen molar-refractivity contribution in [3.63, 3.8) is 0 Å². The van der Waals surface area contributed by atoms with Crippen LogP contribution >= 0.6 is 11.3 Å². The molecule has 1 heterocycles. The molecule has 20 heavy (non-hydrogen) atoms. The first-order valence-corrected chi connectivity index (χ1v) is 8.35. The molecule has 1 atom stereocenters. The Morgan fingerprint density at radius 3 is 2.50 bits per heavy atom. The number of hydrogen-bond acceptors (Lipinski definition) is 3. The van der Waals surface area contributed by atoms with Crippen LogP contribution in [0.3, 0.4) is 0 Å². The first-order valence-electron chi connectivity index (χ1n) is 7.54. The van der Waals surface area contributed by atoms with Crippen LogP contribution in [-0.2, 0) is 12.8 Å². The van der Waals surface area contributed by atoms with Crippen LogP contribution in [0.1, 0.15) is 36.8 Å². The number of fused-ring (bicyclic) bond motifs is 1. The lowest BCUT2D eigenvalue weighted by atomic mass is 10.1. The highest BCUT2D eigenvalue weighted by Gasteiger charge is 2.16. The normalized spacial score (nSPS) is 13.3. The SMILES string of the molecule is CCc1sc2c(CC(O)N(CC)CC)cccc2c1C. The molecule has 2 nitrogen and oxygen atoms in total. The number of aryl methyl sites for hydroxylation is 2. The van der Waals surface area contributed by atoms with Crippen LogP contribution in [0, 0.1) is 6.92 Å². The van der Waals surface area contributed by atoms with Crippen LogP contribution in [-0.4, -0.2) is 29.3 Å². The van der Waals surface area contributed by atoms with Crippen molar-refractivity contribution in [1.82, 2.24) is 4.90 Å². The first-order chi connectivity index (χ1) is 9.62. The summed E-state index contributed by atoms with van der Waals surface area (Å²) in [6.45, 7) is 10.4. The molecule has 0 aliphatic carbocycles. The van der Waals surface area contributed by atoms with Crippen LogP contribution in [0.2, 0.25) is 0 Å². The second-order valence-corrected chi connectivity index (χ2v) is 6.31. The summed E-state index contributed by atoms with van der Waals surface area (Å²) in [7, 11) is 0. The Kier molecular flexibility index (Phi) is 5.19. The molecule has 1 aromatic heterocycles. The molecule has 0 fully saturated rings. The van der Waals surface area contributed by atoms with E-state index in [1.165, 1.54) is 26.1 Å². The predicted molar refractivity (Wildman–Crippen MR) is 88.6 cm³/mol. The van der Waals surface area contributed by atoms with Crippen molar-refractivity contribution >= 4 is 21.4 Å². The maximum atomic E-state index is 10.4. The van der Waals surface area contributed by atoms with Gasteiger partial charge in [0.25, 0.3) is 0 Å². The minimum atomic E-state index is -0.386. The van der Waals surface area contributed by atoms with Gasteiger partial charge in [-0.3, -0.25) is 4.90 Å². The van der Waals surface area contributed by atoms with E-state index in [-0.39, 0.29) is 6.23 Å². The number of benzene rings is 1. The maximum absolute atomic E-state index is 10.4. The highest BCUT2D eigenvalue weighted by molar-refractivity contribution is 7.19. The highest BCUT2D eigenvalue weighted by atomic mass is 32.1. The Hall–Kier alpha value is -0.900. The molecule has 0 aliphatic heterocycles. The van der Waals surface area contributed by atoms with Crippen LogP contribution in [0.4, 0.5) is 0 Å². The molecule has 0 saturated carbocycles. The Morgan fingerprint density at radius 1 is 1.20 bits per heavy atom. The first kappa shape index (κ1) is 15.5. The molecular formula is C17H25NOS. The minimum absolute atomic E-state index is 0.386. The summed E-state index contributed by atoms with van der Waals surface area (Å²) in [4.78, 5) is 3.56. The lowest BCUT2D eigenvalue weighted by Gasteiger charge is -2.25. The minimum Gasteiger partial charge on any atom is -0.378 e. The molecule has 1 aromatic carbocycles. The fraction of sp³-hybridized carbons (Fsp3) is 0.529. The van der Waals surface area contributed by atoms with E-state index in [2.05, 4.69) is 50.8 Å². The third-order valence-corrected chi connectivity index (χ3v) is 5.63. The molecule has 0 spiro atoms. The highest BCUT2D eigenvalue weighted by Crippen LogP contribution is 2.34. The number of aliphatic hydroxyl groups excluding tert-OH is 1. The summed E-state index contributed by atoms with van der Waals surface area (Å²) in [6.07, 6.45) is 1.41. The smallest absolute Gasteiger partial charge is 0.111 e. The lowest BCUT2D eigenvalue weighted by molar-refractivity contribution is 0.0118. The molecule has 1 N–H and O–H groups in total. The Labute approximate surface area is 126 Å². The average molecular weight is 291 g/mol. The molecule has 0 bridgehead atoms. The van der Waals surface area contributed by atoms with Gasteiger partial charge in [0.05, 0.1) is 0 Å². The molecular weight excluding hydrogens is 266 g/mol. The van der Waals surface area contributed by atoms with Gasteiger partial charge < -0.3 is 5.11 Å². The van der Waals surface area contributed by atoms with Gasteiger partial charge in [0.1, 0.15) is 6.23 Å². The summed E-state index contributed by atoms with van der Waals surface area (Å²) in [5, 5.41) is 11.7. The van der Waals surface area contributed by atoms with Crippen molar-refractivity contribution in [2.75, 3.05) is 13.1 Å². The fourth-order valence-corrected chi connectivity index (χ4v) is 4.09. The van der Waals surface area contributed by atoms with Gasteiger partial charge in [-0.15, -0.1) is 11.3 Å². The van der Waals surface area contributed by atoms with Crippen molar-refractivity contribution < 1.29 is 5.11 Å². The summed E-state index contributed by atoms with van der Waals surface area (Å²) in [5.41, 5.74) is 2.68. The lowest BCUT2D eigenvalue weighted by Crippen LogP contribution is -2.36. The zero-order valence-electron chi connectivity index (χ0n) is 12.9. The van der Waals surface area contributed by atoms with Gasteiger partial charge in [-0.05, 0) is 42.9 Å². The van der Waals surface area contributed by atoms with Crippen molar-refractivity contribution in [1.29, 1.82) is 0 Å². The van der Waals surface area contributed by atoms with Gasteiger partial charge in [-0.1, -0.05) is 39.0 Å². The molecule has 110 valence electrons. The molecule has 2 rings (SSSR count). The van der Waals surface area contributed by atoms with Crippen molar-refractivity contribution in [2.24, 2.45) is 0 Å². The number of aliphatic hydroxyl groups is 1. The molecule has 0 amide bonds. The summed E-state index contributed by atoms with van der Waals surface area (Å²) >= 11 is 1.89. The third kappa shape index (κ3) is 2.90. The monoisotopic (exact) mass is 291 g/mol. The summed E-state index contributed by atoms with van der Waals surface area (Å²) in [5.74, 6) is 0. The van der Waals surface area contributed by atoms with Crippen molar-refractivity contribution in [2.45, 2.75) is 46.8 Å². The molecule has 0 aliphatic rings. The van der Waals surface area contributed by atoms with Gasteiger partial charge >= 0.3 is 0 Å². The van der Waals surface area contributed by atoms with Crippen molar-refractivity contribution in [3.05, 3.63) is 34.2 Å². The Morgan fingerprint density at radius 2 is 1.90 bits per heavy atom.